The standard InChI is InChI=1S/C15H13N3O4/c16-13(19)14(20)18(12-2-1-7-17-8-12)9-10-3-5-11(6-4-10)15(21)22/h1-8H,9H2,(H2,16,19)(H,21,22). The smallest absolute Gasteiger partial charge is 0.335 e. The molecule has 0 aliphatic heterocycles. The Balaban J connectivity index is 2.28. The number of aromatic carboxylic acids is 1. The highest BCUT2D eigenvalue weighted by Crippen LogP contribution is 2.16. The second kappa shape index (κ2) is 6.49. The average Bonchev–Trinajstić information content (AvgIpc) is 2.53. The average molecular weight is 299 g/mol. The lowest BCUT2D eigenvalue weighted by Crippen LogP contribution is -2.40. The molecule has 0 aliphatic rings. The zero-order valence-electron chi connectivity index (χ0n) is 11.5. The Kier molecular flexibility index (Phi) is 4.47. The van der Waals surface area contributed by atoms with E-state index in [1.54, 1.807) is 24.3 Å². The summed E-state index contributed by atoms with van der Waals surface area (Å²) in [6.07, 6.45) is 2.98. The molecule has 2 rings (SSSR count). The molecule has 0 fully saturated rings. The lowest BCUT2D eigenvalue weighted by molar-refractivity contribution is -0.135. The molecule has 0 saturated carbocycles. The van der Waals surface area contributed by atoms with Crippen molar-refractivity contribution in [2.24, 2.45) is 5.73 Å². The van der Waals surface area contributed by atoms with Crippen LogP contribution in [0.4, 0.5) is 5.69 Å². The highest BCUT2D eigenvalue weighted by Gasteiger charge is 2.21. The highest BCUT2D eigenvalue weighted by atomic mass is 16.4. The van der Waals surface area contributed by atoms with Crippen LogP contribution >= 0.6 is 0 Å². The predicted molar refractivity (Wildman–Crippen MR) is 78.0 cm³/mol. The number of pyridine rings is 1. The fourth-order valence-electron chi connectivity index (χ4n) is 1.86. The van der Waals surface area contributed by atoms with Crippen LogP contribution in [0.1, 0.15) is 15.9 Å². The van der Waals surface area contributed by atoms with Gasteiger partial charge in [0.25, 0.3) is 0 Å². The third-order valence-corrected chi connectivity index (χ3v) is 2.96. The molecular weight excluding hydrogens is 286 g/mol. The summed E-state index contributed by atoms with van der Waals surface area (Å²) in [4.78, 5) is 39.0. The van der Waals surface area contributed by atoms with E-state index in [-0.39, 0.29) is 12.1 Å². The fourth-order valence-corrected chi connectivity index (χ4v) is 1.86. The van der Waals surface area contributed by atoms with Crippen LogP contribution in [0.25, 0.3) is 0 Å². The number of nitrogens with two attached hydrogens (primary N) is 1. The van der Waals surface area contributed by atoms with Crippen molar-refractivity contribution >= 4 is 23.5 Å². The van der Waals surface area contributed by atoms with Crippen molar-refractivity contribution in [3.8, 4) is 0 Å². The van der Waals surface area contributed by atoms with Gasteiger partial charge in [-0.1, -0.05) is 12.1 Å². The van der Waals surface area contributed by atoms with Crippen LogP contribution in [-0.4, -0.2) is 27.9 Å². The number of anilines is 1. The van der Waals surface area contributed by atoms with E-state index in [0.29, 0.717) is 11.3 Å². The van der Waals surface area contributed by atoms with E-state index in [0.717, 1.165) is 0 Å². The fraction of sp³-hybridized carbons (Fsp3) is 0.0667. The Bertz CT molecular complexity index is 698. The summed E-state index contributed by atoms with van der Waals surface area (Å²) in [5.74, 6) is -2.98. The topological polar surface area (TPSA) is 114 Å². The Hall–Kier alpha value is -3.22. The summed E-state index contributed by atoms with van der Waals surface area (Å²) in [5, 5.41) is 8.86. The van der Waals surface area contributed by atoms with E-state index in [4.69, 9.17) is 10.8 Å². The summed E-state index contributed by atoms with van der Waals surface area (Å²) in [5.41, 5.74) is 6.28. The van der Waals surface area contributed by atoms with Crippen LogP contribution < -0.4 is 10.6 Å². The first-order chi connectivity index (χ1) is 10.5. The molecule has 3 N–H and O–H groups in total. The largest absolute Gasteiger partial charge is 0.478 e. The SMILES string of the molecule is NC(=O)C(=O)N(Cc1ccc(C(=O)O)cc1)c1cccnc1. The van der Waals surface area contributed by atoms with E-state index in [9.17, 15) is 14.4 Å². The first kappa shape index (κ1) is 15.2. The van der Waals surface area contributed by atoms with Crippen molar-refractivity contribution in [1.29, 1.82) is 0 Å². The highest BCUT2D eigenvalue weighted by molar-refractivity contribution is 6.39. The number of nitrogens with zero attached hydrogens (tertiary/aromatic N) is 2. The van der Waals surface area contributed by atoms with E-state index in [2.05, 4.69) is 4.98 Å². The molecule has 0 aliphatic carbocycles. The summed E-state index contributed by atoms with van der Waals surface area (Å²) in [6, 6.07) is 9.24. The maximum absolute atomic E-state index is 12.0. The Labute approximate surface area is 126 Å². The van der Waals surface area contributed by atoms with Gasteiger partial charge in [-0.2, -0.15) is 0 Å². The quantitative estimate of drug-likeness (QED) is 0.810. The molecule has 0 unspecified atom stereocenters. The number of hydrogen-bond donors (Lipinski definition) is 2. The third-order valence-electron chi connectivity index (χ3n) is 2.96. The number of hydrogen-bond acceptors (Lipinski definition) is 4. The molecule has 0 spiro atoms. The molecule has 1 aromatic carbocycles. The van der Waals surface area contributed by atoms with Gasteiger partial charge in [0.05, 0.1) is 24.0 Å². The summed E-state index contributed by atoms with van der Waals surface area (Å²) >= 11 is 0. The van der Waals surface area contributed by atoms with Gasteiger partial charge in [-0.15, -0.1) is 0 Å². The van der Waals surface area contributed by atoms with Crippen LogP contribution in [0.15, 0.2) is 48.8 Å². The molecule has 1 heterocycles. The van der Waals surface area contributed by atoms with Crippen molar-refractivity contribution in [1.82, 2.24) is 4.98 Å². The van der Waals surface area contributed by atoms with Gasteiger partial charge < -0.3 is 10.8 Å². The van der Waals surface area contributed by atoms with Crippen molar-refractivity contribution in [3.63, 3.8) is 0 Å². The zero-order valence-corrected chi connectivity index (χ0v) is 11.5. The van der Waals surface area contributed by atoms with E-state index >= 15 is 0 Å². The maximum atomic E-state index is 12.0. The van der Waals surface area contributed by atoms with Gasteiger partial charge in [0.15, 0.2) is 0 Å². The molecule has 22 heavy (non-hydrogen) atoms. The summed E-state index contributed by atoms with van der Waals surface area (Å²) in [6.45, 7) is 0.0768. The number of rotatable bonds is 4. The van der Waals surface area contributed by atoms with Gasteiger partial charge >= 0.3 is 17.8 Å². The summed E-state index contributed by atoms with van der Waals surface area (Å²) < 4.78 is 0. The molecule has 0 bridgehead atoms. The Morgan fingerprint density at radius 2 is 1.82 bits per heavy atom. The van der Waals surface area contributed by atoms with Crippen LogP contribution in [0.5, 0.6) is 0 Å². The Morgan fingerprint density at radius 3 is 2.32 bits per heavy atom. The number of amides is 2. The van der Waals surface area contributed by atoms with Crippen LogP contribution in [0.2, 0.25) is 0 Å². The number of benzene rings is 1. The zero-order chi connectivity index (χ0) is 16.1. The number of carbonyl (C=O) groups excluding carboxylic acids is 2. The van der Waals surface area contributed by atoms with Crippen molar-refractivity contribution < 1.29 is 19.5 Å². The normalized spacial score (nSPS) is 10.0. The molecule has 1 aromatic heterocycles. The number of carboxylic acids is 1. The lowest BCUT2D eigenvalue weighted by Gasteiger charge is -2.21. The molecule has 0 radical (unpaired) electrons. The van der Waals surface area contributed by atoms with Gasteiger partial charge in [0.1, 0.15) is 0 Å². The molecule has 2 amide bonds. The Morgan fingerprint density at radius 1 is 1.14 bits per heavy atom. The van der Waals surface area contributed by atoms with Crippen molar-refractivity contribution in [2.45, 2.75) is 6.54 Å². The number of carboxylic acid groups (broad SMARTS) is 1. The maximum Gasteiger partial charge on any atom is 0.335 e. The number of carbonyl (C=O) groups is 3. The van der Waals surface area contributed by atoms with E-state index < -0.39 is 17.8 Å². The minimum Gasteiger partial charge on any atom is -0.478 e. The first-order valence-electron chi connectivity index (χ1n) is 6.32. The molecule has 7 nitrogen and oxygen atoms in total. The molecule has 7 heteroatoms. The van der Waals surface area contributed by atoms with Crippen LogP contribution in [0.3, 0.4) is 0 Å². The van der Waals surface area contributed by atoms with Crippen LogP contribution in [-0.2, 0) is 16.1 Å². The van der Waals surface area contributed by atoms with E-state index in [1.165, 1.54) is 29.4 Å². The molecule has 2 aromatic rings. The monoisotopic (exact) mass is 299 g/mol. The van der Waals surface area contributed by atoms with Gasteiger partial charge in [-0.05, 0) is 29.8 Å². The molecule has 0 saturated heterocycles. The minimum absolute atomic E-state index is 0.0768. The van der Waals surface area contributed by atoms with Crippen LogP contribution in [0, 0.1) is 0 Å². The van der Waals surface area contributed by atoms with Gasteiger partial charge in [0, 0.05) is 6.20 Å². The van der Waals surface area contributed by atoms with Crippen molar-refractivity contribution in [3.05, 3.63) is 59.9 Å². The van der Waals surface area contributed by atoms with Gasteiger partial charge in [-0.25, -0.2) is 4.79 Å². The van der Waals surface area contributed by atoms with Crippen molar-refractivity contribution in [2.75, 3.05) is 4.90 Å². The second-order valence-electron chi connectivity index (χ2n) is 4.47. The lowest BCUT2D eigenvalue weighted by atomic mass is 10.1. The minimum atomic E-state index is -1.08. The van der Waals surface area contributed by atoms with Gasteiger partial charge in [0.2, 0.25) is 0 Å². The molecule has 112 valence electrons. The van der Waals surface area contributed by atoms with E-state index in [1.807, 2.05) is 0 Å². The third kappa shape index (κ3) is 3.45. The number of primary amides is 1. The predicted octanol–water partition coefficient (Wildman–Crippen LogP) is 0.798. The first-order valence-corrected chi connectivity index (χ1v) is 6.32. The van der Waals surface area contributed by atoms with Gasteiger partial charge in [-0.3, -0.25) is 19.5 Å². The summed E-state index contributed by atoms with van der Waals surface area (Å²) in [7, 11) is 0. The number of aromatic nitrogens is 1. The second-order valence-corrected chi connectivity index (χ2v) is 4.47. The molecular formula is C15H13N3O4. The molecule has 0 atom stereocenters.